The largest absolute Gasteiger partial charge is 0.352 e. The van der Waals surface area contributed by atoms with E-state index in [9.17, 15) is 19.2 Å². The Morgan fingerprint density at radius 3 is 2.34 bits per heavy atom. The number of nitrogens with one attached hydrogen (secondary N) is 1. The average molecular weight is 540 g/mol. The van der Waals surface area contributed by atoms with E-state index in [0.29, 0.717) is 24.1 Å². The number of imide groups is 1. The van der Waals surface area contributed by atoms with E-state index in [1.165, 1.54) is 4.90 Å². The number of carbonyl (C=O) groups excluding carboxylic acids is 4. The minimum atomic E-state index is -0.638. The van der Waals surface area contributed by atoms with Crippen LogP contribution >= 0.6 is 15.9 Å². The molecule has 0 radical (unpaired) electrons. The molecule has 2 aromatic carbocycles. The average Bonchev–Trinajstić information content (AvgIpc) is 3.44. The number of carbonyl (C=O) groups is 4. The first kappa shape index (κ1) is 25.1. The van der Waals surface area contributed by atoms with Crippen molar-refractivity contribution in [2.24, 2.45) is 0 Å². The van der Waals surface area contributed by atoms with Gasteiger partial charge in [0.05, 0.1) is 11.1 Å². The molecule has 1 N–H and O–H groups in total. The summed E-state index contributed by atoms with van der Waals surface area (Å²) < 4.78 is 0.899. The van der Waals surface area contributed by atoms with Crippen molar-refractivity contribution in [1.29, 1.82) is 0 Å². The highest BCUT2D eigenvalue weighted by molar-refractivity contribution is 9.10. The van der Waals surface area contributed by atoms with Crippen molar-refractivity contribution in [2.45, 2.75) is 64.1 Å². The second kappa shape index (κ2) is 11.2. The molecule has 35 heavy (non-hydrogen) atoms. The van der Waals surface area contributed by atoms with E-state index in [1.54, 1.807) is 36.1 Å². The molecule has 1 saturated carbocycles. The molecule has 2 aromatic rings. The number of fused-ring (bicyclic) bond motifs is 1. The van der Waals surface area contributed by atoms with Crippen LogP contribution < -0.4 is 5.32 Å². The SMILES string of the molecule is CC(C(=O)NC1CCCC1)N(Cc1cccc(Br)c1)C(=O)CCCN1C(=O)c2ccccc2C1=O. The van der Waals surface area contributed by atoms with Crippen LogP contribution in [0.3, 0.4) is 0 Å². The number of nitrogens with zero attached hydrogens (tertiary/aromatic N) is 2. The van der Waals surface area contributed by atoms with Gasteiger partial charge in [0.25, 0.3) is 11.8 Å². The summed E-state index contributed by atoms with van der Waals surface area (Å²) in [5, 5.41) is 3.09. The number of rotatable bonds is 9. The zero-order chi connectivity index (χ0) is 24.9. The van der Waals surface area contributed by atoms with Crippen molar-refractivity contribution < 1.29 is 19.2 Å². The fraction of sp³-hybridized carbons (Fsp3) is 0.407. The number of halogens is 1. The van der Waals surface area contributed by atoms with Gasteiger partial charge in [0, 0.05) is 30.0 Å². The molecular weight excluding hydrogens is 510 g/mol. The van der Waals surface area contributed by atoms with Gasteiger partial charge >= 0.3 is 0 Å². The third kappa shape index (κ3) is 5.81. The van der Waals surface area contributed by atoms with Crippen LogP contribution in [0.4, 0.5) is 0 Å². The fourth-order valence-electron chi connectivity index (χ4n) is 4.78. The van der Waals surface area contributed by atoms with Crippen molar-refractivity contribution >= 4 is 39.6 Å². The van der Waals surface area contributed by atoms with Crippen LogP contribution in [0.15, 0.2) is 53.0 Å². The zero-order valence-corrected chi connectivity index (χ0v) is 21.4. The Balaban J connectivity index is 1.41. The van der Waals surface area contributed by atoms with E-state index < -0.39 is 6.04 Å². The van der Waals surface area contributed by atoms with Gasteiger partial charge in [-0.25, -0.2) is 0 Å². The van der Waals surface area contributed by atoms with E-state index in [0.717, 1.165) is 35.7 Å². The van der Waals surface area contributed by atoms with Gasteiger partial charge in [-0.2, -0.15) is 0 Å². The molecule has 0 saturated heterocycles. The van der Waals surface area contributed by atoms with Crippen LogP contribution in [0, 0.1) is 0 Å². The van der Waals surface area contributed by atoms with Crippen molar-refractivity contribution in [3.8, 4) is 0 Å². The first-order chi connectivity index (χ1) is 16.8. The molecule has 1 heterocycles. The molecule has 7 nitrogen and oxygen atoms in total. The summed E-state index contributed by atoms with van der Waals surface area (Å²) in [5.41, 5.74) is 1.71. The van der Waals surface area contributed by atoms with Crippen LogP contribution in [-0.4, -0.2) is 52.1 Å². The van der Waals surface area contributed by atoms with Crippen LogP contribution in [0.5, 0.6) is 0 Å². The summed E-state index contributed by atoms with van der Waals surface area (Å²) in [6.07, 6.45) is 4.62. The van der Waals surface area contributed by atoms with Gasteiger partial charge in [-0.15, -0.1) is 0 Å². The molecule has 2 aliphatic rings. The second-order valence-corrected chi connectivity index (χ2v) is 10.1. The third-order valence-corrected chi connectivity index (χ3v) is 7.25. The Morgan fingerprint density at radius 2 is 1.71 bits per heavy atom. The van der Waals surface area contributed by atoms with Crippen LogP contribution in [0.2, 0.25) is 0 Å². The summed E-state index contributed by atoms with van der Waals surface area (Å²) in [7, 11) is 0. The molecule has 184 valence electrons. The lowest BCUT2D eigenvalue weighted by molar-refractivity contribution is -0.141. The maximum absolute atomic E-state index is 13.3. The predicted molar refractivity (Wildman–Crippen MR) is 136 cm³/mol. The molecule has 1 fully saturated rings. The highest BCUT2D eigenvalue weighted by atomic mass is 79.9. The monoisotopic (exact) mass is 539 g/mol. The van der Waals surface area contributed by atoms with Gasteiger partial charge in [-0.05, 0) is 56.0 Å². The maximum atomic E-state index is 13.3. The first-order valence-corrected chi connectivity index (χ1v) is 12.9. The second-order valence-electron chi connectivity index (χ2n) is 9.23. The topological polar surface area (TPSA) is 86.8 Å². The Bertz CT molecular complexity index is 1090. The first-order valence-electron chi connectivity index (χ1n) is 12.1. The highest BCUT2D eigenvalue weighted by Crippen LogP contribution is 2.23. The number of hydrogen-bond donors (Lipinski definition) is 1. The quantitative estimate of drug-likeness (QED) is 0.481. The van der Waals surface area contributed by atoms with Gasteiger partial charge in [0.2, 0.25) is 11.8 Å². The number of amides is 4. The van der Waals surface area contributed by atoms with Crippen molar-refractivity contribution in [2.75, 3.05) is 6.54 Å². The summed E-state index contributed by atoms with van der Waals surface area (Å²) >= 11 is 3.46. The lowest BCUT2D eigenvalue weighted by Crippen LogP contribution is -2.49. The van der Waals surface area contributed by atoms with Crippen molar-refractivity contribution in [3.63, 3.8) is 0 Å². The molecular formula is C27H30BrN3O4. The number of hydrogen-bond acceptors (Lipinski definition) is 4. The molecule has 4 amide bonds. The summed E-state index contributed by atoms with van der Waals surface area (Å²) in [6, 6.07) is 13.9. The Morgan fingerprint density at radius 1 is 1.06 bits per heavy atom. The van der Waals surface area contributed by atoms with Gasteiger partial charge in [-0.3, -0.25) is 24.1 Å². The van der Waals surface area contributed by atoms with E-state index in [-0.39, 0.29) is 42.6 Å². The molecule has 0 aromatic heterocycles. The lowest BCUT2D eigenvalue weighted by atomic mass is 10.1. The number of benzene rings is 2. The summed E-state index contributed by atoms with van der Waals surface area (Å²) in [5.74, 6) is -0.988. The van der Waals surface area contributed by atoms with Gasteiger partial charge in [0.15, 0.2) is 0 Å². The third-order valence-electron chi connectivity index (χ3n) is 6.76. The molecule has 1 aliphatic heterocycles. The molecule has 1 aliphatic carbocycles. The zero-order valence-electron chi connectivity index (χ0n) is 19.8. The highest BCUT2D eigenvalue weighted by Gasteiger charge is 2.35. The molecule has 8 heteroatoms. The maximum Gasteiger partial charge on any atom is 0.261 e. The van der Waals surface area contributed by atoms with Gasteiger partial charge in [-0.1, -0.05) is 53.0 Å². The molecule has 1 unspecified atom stereocenters. The van der Waals surface area contributed by atoms with E-state index in [1.807, 2.05) is 24.3 Å². The summed E-state index contributed by atoms with van der Waals surface area (Å²) in [6.45, 7) is 2.21. The van der Waals surface area contributed by atoms with Crippen LogP contribution in [0.25, 0.3) is 0 Å². The fourth-order valence-corrected chi connectivity index (χ4v) is 5.23. The smallest absolute Gasteiger partial charge is 0.261 e. The minimum Gasteiger partial charge on any atom is -0.352 e. The normalized spacial score (nSPS) is 16.3. The van der Waals surface area contributed by atoms with E-state index >= 15 is 0 Å². The molecule has 1 atom stereocenters. The van der Waals surface area contributed by atoms with Gasteiger partial charge in [0.1, 0.15) is 6.04 Å². The molecule has 0 spiro atoms. The Hall–Kier alpha value is -3.00. The van der Waals surface area contributed by atoms with E-state index in [2.05, 4.69) is 21.2 Å². The molecule has 0 bridgehead atoms. The van der Waals surface area contributed by atoms with Crippen LogP contribution in [0.1, 0.15) is 71.7 Å². The van der Waals surface area contributed by atoms with E-state index in [4.69, 9.17) is 0 Å². The van der Waals surface area contributed by atoms with Crippen molar-refractivity contribution in [3.05, 3.63) is 69.7 Å². The molecule has 4 rings (SSSR count). The Labute approximate surface area is 214 Å². The predicted octanol–water partition coefficient (Wildman–Crippen LogP) is 4.30. The van der Waals surface area contributed by atoms with Gasteiger partial charge < -0.3 is 10.2 Å². The minimum absolute atomic E-state index is 0.127. The van der Waals surface area contributed by atoms with Crippen LogP contribution in [-0.2, 0) is 16.1 Å². The van der Waals surface area contributed by atoms with Crippen molar-refractivity contribution in [1.82, 2.24) is 15.1 Å². The summed E-state index contributed by atoms with van der Waals surface area (Å²) in [4.78, 5) is 54.3. The standard InChI is InChI=1S/C27H30BrN3O4/c1-18(25(33)29-21-10-2-3-11-21)31(17-19-8-6-9-20(28)16-19)24(32)14-7-15-30-26(34)22-12-4-5-13-23(22)27(30)35/h4-6,8-9,12-13,16,18,21H,2-3,7,10-11,14-15,17H2,1H3,(H,29,33). The lowest BCUT2D eigenvalue weighted by Gasteiger charge is -2.30. The Kier molecular flexibility index (Phi) is 8.00.